The summed E-state index contributed by atoms with van der Waals surface area (Å²) in [4.78, 5) is 5.24. The zero-order valence-electron chi connectivity index (χ0n) is 26.6. The zero-order valence-corrected chi connectivity index (χ0v) is 26.6. The molecule has 3 nitrogen and oxygen atoms in total. The number of oxazole rings is 1. The molecule has 3 heteroatoms. The predicted octanol–water partition coefficient (Wildman–Crippen LogP) is 11.4. The molecule has 7 aromatic carbocycles. The van der Waals surface area contributed by atoms with Gasteiger partial charge in [0.15, 0.2) is 5.58 Å². The molecule has 0 aliphatic heterocycles. The van der Waals surface area contributed by atoms with Crippen molar-refractivity contribution in [1.82, 2.24) is 9.38 Å². The molecule has 0 N–H and O–H groups in total. The number of imidazole rings is 1. The highest BCUT2D eigenvalue weighted by atomic mass is 16.4. The van der Waals surface area contributed by atoms with Crippen LogP contribution in [0.4, 0.5) is 0 Å². The van der Waals surface area contributed by atoms with Gasteiger partial charge in [-0.25, -0.2) is 0 Å². The molecule has 0 bridgehead atoms. The lowest BCUT2D eigenvalue weighted by Crippen LogP contribution is -2.28. The van der Waals surface area contributed by atoms with Crippen molar-refractivity contribution in [2.24, 2.45) is 0 Å². The maximum absolute atomic E-state index is 6.38. The molecule has 0 unspecified atom stereocenters. The van der Waals surface area contributed by atoms with Gasteiger partial charge in [0.25, 0.3) is 0 Å². The third-order valence-electron chi connectivity index (χ3n) is 10.2. The number of fused-ring (bicyclic) bond motifs is 6. The Morgan fingerprint density at radius 2 is 1.00 bits per heavy atom. The van der Waals surface area contributed by atoms with Gasteiger partial charge in [-0.1, -0.05) is 164 Å². The van der Waals surface area contributed by atoms with E-state index in [1.807, 2.05) is 12.1 Å². The summed E-state index contributed by atoms with van der Waals surface area (Å²) in [6.07, 6.45) is 0. The van der Waals surface area contributed by atoms with E-state index >= 15 is 0 Å². The Kier molecular flexibility index (Phi) is 6.09. The van der Waals surface area contributed by atoms with Gasteiger partial charge < -0.3 is 4.42 Å². The fraction of sp³-hybridized carbons (Fsp3) is 0.0217. The first kappa shape index (κ1) is 27.6. The number of rotatable bonds is 5. The number of hydrogen-bond acceptors (Lipinski definition) is 2. The van der Waals surface area contributed by atoms with Gasteiger partial charge in [0.1, 0.15) is 5.69 Å². The van der Waals surface area contributed by atoms with Crippen LogP contribution in [0.5, 0.6) is 0 Å². The molecule has 9 aromatic rings. The van der Waals surface area contributed by atoms with E-state index < -0.39 is 5.41 Å². The Morgan fingerprint density at radius 3 is 1.73 bits per heavy atom. The van der Waals surface area contributed by atoms with E-state index in [0.29, 0.717) is 5.84 Å². The summed E-state index contributed by atoms with van der Waals surface area (Å²) in [7, 11) is 0. The summed E-state index contributed by atoms with van der Waals surface area (Å²) >= 11 is 0. The van der Waals surface area contributed by atoms with Crippen LogP contribution >= 0.6 is 0 Å². The van der Waals surface area contributed by atoms with Crippen molar-refractivity contribution in [2.75, 3.05) is 0 Å². The van der Waals surface area contributed by atoms with Crippen LogP contribution in [0.3, 0.4) is 0 Å². The van der Waals surface area contributed by atoms with E-state index in [1.165, 1.54) is 44.5 Å². The number of para-hydroxylation sites is 2. The summed E-state index contributed by atoms with van der Waals surface area (Å²) in [6, 6.07) is 65.1. The number of hydrogen-bond donors (Lipinski definition) is 0. The molecule has 0 saturated heterocycles. The van der Waals surface area contributed by atoms with Crippen molar-refractivity contribution >= 4 is 16.9 Å². The largest absolute Gasteiger partial charge is 0.423 e. The SMILES string of the molecule is c1ccc(-c2ccc(-c3c(-c4ccc5c(c4)C(c4ccccc4)(c4ccccc4)c4ccccc4-5)nc4oc5ccccc5n34)cc2)cc1. The normalized spacial score (nSPS) is 13.1. The van der Waals surface area contributed by atoms with Crippen molar-refractivity contribution < 1.29 is 4.42 Å². The second-order valence-electron chi connectivity index (χ2n) is 12.7. The van der Waals surface area contributed by atoms with Gasteiger partial charge in [0.05, 0.1) is 16.6 Å². The Bertz CT molecular complexity index is 2590. The topological polar surface area (TPSA) is 30.4 Å². The van der Waals surface area contributed by atoms with Crippen molar-refractivity contribution in [2.45, 2.75) is 5.41 Å². The Labute approximate surface area is 284 Å². The monoisotopic (exact) mass is 626 g/mol. The zero-order chi connectivity index (χ0) is 32.4. The first-order valence-electron chi connectivity index (χ1n) is 16.7. The van der Waals surface area contributed by atoms with E-state index in [4.69, 9.17) is 9.40 Å². The summed E-state index contributed by atoms with van der Waals surface area (Å²) in [5.74, 6) is 0.583. The van der Waals surface area contributed by atoms with E-state index in [9.17, 15) is 0 Å². The average Bonchev–Trinajstić information content (AvgIpc) is 3.83. The highest BCUT2D eigenvalue weighted by Gasteiger charge is 2.46. The minimum absolute atomic E-state index is 0.493. The number of nitrogens with zero attached hydrogens (tertiary/aromatic N) is 2. The molecule has 0 spiro atoms. The minimum Gasteiger partial charge on any atom is -0.423 e. The quantitative estimate of drug-likeness (QED) is 0.190. The molecule has 2 heterocycles. The van der Waals surface area contributed by atoms with Gasteiger partial charge in [-0.3, -0.25) is 4.40 Å². The molecule has 0 fully saturated rings. The fourth-order valence-electron chi connectivity index (χ4n) is 8.03. The summed E-state index contributed by atoms with van der Waals surface area (Å²) in [5.41, 5.74) is 15.3. The van der Waals surface area contributed by atoms with Crippen LogP contribution in [-0.2, 0) is 5.41 Å². The van der Waals surface area contributed by atoms with E-state index in [-0.39, 0.29) is 0 Å². The van der Waals surface area contributed by atoms with Crippen LogP contribution in [0, 0.1) is 0 Å². The number of aromatic nitrogens is 2. The molecule has 1 aliphatic rings. The van der Waals surface area contributed by atoms with Gasteiger partial charge in [-0.05, 0) is 62.7 Å². The Morgan fingerprint density at radius 1 is 0.449 bits per heavy atom. The molecule has 230 valence electrons. The van der Waals surface area contributed by atoms with Crippen LogP contribution < -0.4 is 0 Å². The second kappa shape index (κ2) is 10.8. The molecule has 0 amide bonds. The lowest BCUT2D eigenvalue weighted by Gasteiger charge is -2.34. The highest BCUT2D eigenvalue weighted by Crippen LogP contribution is 2.57. The Hall–Kier alpha value is -6.45. The van der Waals surface area contributed by atoms with Crippen LogP contribution in [0.15, 0.2) is 186 Å². The van der Waals surface area contributed by atoms with Gasteiger partial charge >= 0.3 is 5.84 Å². The smallest absolute Gasteiger partial charge is 0.307 e. The molecule has 0 radical (unpaired) electrons. The molecule has 1 aliphatic carbocycles. The maximum atomic E-state index is 6.38. The highest BCUT2D eigenvalue weighted by molar-refractivity contribution is 5.92. The summed E-state index contributed by atoms with van der Waals surface area (Å²) < 4.78 is 8.56. The first-order chi connectivity index (χ1) is 24.3. The summed E-state index contributed by atoms with van der Waals surface area (Å²) in [6.45, 7) is 0. The van der Waals surface area contributed by atoms with E-state index in [0.717, 1.165) is 33.6 Å². The standard InChI is InChI=1S/C46H30N2O/c1-4-14-31(15-5-1)32-24-26-33(27-25-32)44-43(47-45-48(44)41-22-12-13-23-42(41)49-45)34-28-29-38-37-20-10-11-21-39(37)46(40(38)30-34,35-16-6-2-7-17-35)36-18-8-3-9-19-36/h1-30H. The van der Waals surface area contributed by atoms with Crippen LogP contribution in [0.25, 0.3) is 61.7 Å². The third kappa shape index (κ3) is 4.06. The first-order valence-corrected chi connectivity index (χ1v) is 16.7. The van der Waals surface area contributed by atoms with Gasteiger partial charge in [0, 0.05) is 11.1 Å². The van der Waals surface area contributed by atoms with Crippen LogP contribution in [-0.4, -0.2) is 9.38 Å². The van der Waals surface area contributed by atoms with Crippen molar-refractivity contribution in [3.63, 3.8) is 0 Å². The molecule has 2 aromatic heterocycles. The molecular weight excluding hydrogens is 597 g/mol. The molecule has 49 heavy (non-hydrogen) atoms. The van der Waals surface area contributed by atoms with Crippen LogP contribution in [0.2, 0.25) is 0 Å². The lowest BCUT2D eigenvalue weighted by molar-refractivity contribution is 0.642. The van der Waals surface area contributed by atoms with Gasteiger partial charge in [0.2, 0.25) is 0 Å². The predicted molar refractivity (Wildman–Crippen MR) is 199 cm³/mol. The van der Waals surface area contributed by atoms with Crippen molar-refractivity contribution in [3.05, 3.63) is 204 Å². The number of benzene rings is 7. The average molecular weight is 627 g/mol. The van der Waals surface area contributed by atoms with E-state index in [1.54, 1.807) is 0 Å². The van der Waals surface area contributed by atoms with Gasteiger partial charge in [-0.2, -0.15) is 4.98 Å². The molecule has 0 saturated carbocycles. The molecule has 0 atom stereocenters. The lowest BCUT2D eigenvalue weighted by atomic mass is 9.67. The second-order valence-corrected chi connectivity index (χ2v) is 12.7. The summed E-state index contributed by atoms with van der Waals surface area (Å²) in [5, 5.41) is 0. The van der Waals surface area contributed by atoms with Crippen LogP contribution in [0.1, 0.15) is 22.3 Å². The van der Waals surface area contributed by atoms with Crippen molar-refractivity contribution in [3.8, 4) is 44.8 Å². The minimum atomic E-state index is -0.493. The maximum Gasteiger partial charge on any atom is 0.307 e. The molecule has 10 rings (SSSR count). The van der Waals surface area contributed by atoms with Gasteiger partial charge in [-0.15, -0.1) is 0 Å². The third-order valence-corrected chi connectivity index (χ3v) is 10.2. The Balaban J connectivity index is 1.24. The fourth-order valence-corrected chi connectivity index (χ4v) is 8.03. The molecular formula is C46H30N2O. The van der Waals surface area contributed by atoms with E-state index in [2.05, 4.69) is 174 Å². The van der Waals surface area contributed by atoms with Crippen molar-refractivity contribution in [1.29, 1.82) is 0 Å².